The van der Waals surface area contributed by atoms with E-state index in [0.29, 0.717) is 18.9 Å². The predicted molar refractivity (Wildman–Crippen MR) is 86.5 cm³/mol. The maximum atomic E-state index is 10.2. The molecule has 0 amide bonds. The van der Waals surface area contributed by atoms with Crippen LogP contribution in [0.5, 0.6) is 0 Å². The van der Waals surface area contributed by atoms with Crippen LogP contribution in [0.3, 0.4) is 0 Å². The molecule has 1 aromatic rings. The Kier molecular flexibility index (Phi) is 6.64. The number of aliphatic hydroxyl groups is 1. The molecule has 1 aromatic carbocycles. The van der Waals surface area contributed by atoms with E-state index in [9.17, 15) is 5.11 Å². The zero-order chi connectivity index (χ0) is 15.1. The summed E-state index contributed by atoms with van der Waals surface area (Å²) in [5, 5.41) is 12.0. The van der Waals surface area contributed by atoms with Crippen LogP contribution in [0.4, 0.5) is 0 Å². The van der Waals surface area contributed by atoms with Gasteiger partial charge in [-0.3, -0.25) is 5.84 Å². The number of nitrogens with zero attached hydrogens (tertiary/aromatic N) is 1. The molecule has 0 saturated heterocycles. The van der Waals surface area contributed by atoms with Crippen molar-refractivity contribution in [2.75, 3.05) is 13.1 Å². The molecule has 4 nitrogen and oxygen atoms in total. The van der Waals surface area contributed by atoms with Gasteiger partial charge in [-0.05, 0) is 30.7 Å². The minimum Gasteiger partial charge on any atom is -0.390 e. The van der Waals surface area contributed by atoms with Crippen molar-refractivity contribution in [3.63, 3.8) is 0 Å². The van der Waals surface area contributed by atoms with Gasteiger partial charge in [0.05, 0.1) is 6.10 Å². The molecule has 1 aliphatic rings. The molecule has 0 bridgehead atoms. The number of aliphatic hydroxyl groups excluding tert-OH is 1. The molecule has 0 aliphatic heterocycles. The molecular formula is C17H29N3O. The normalized spacial score (nSPS) is 19.6. The molecule has 4 heteroatoms. The van der Waals surface area contributed by atoms with Gasteiger partial charge in [0.25, 0.3) is 0 Å². The molecule has 5 N–H and O–H groups in total. The Bertz CT molecular complexity index is 392. The Labute approximate surface area is 128 Å². The summed E-state index contributed by atoms with van der Waals surface area (Å²) in [5.41, 5.74) is 7.25. The largest absolute Gasteiger partial charge is 0.390 e. The summed E-state index contributed by atoms with van der Waals surface area (Å²) in [6.07, 6.45) is 6.60. The lowest BCUT2D eigenvalue weighted by molar-refractivity contribution is 0.0792. The highest BCUT2D eigenvalue weighted by atomic mass is 16.3. The van der Waals surface area contributed by atoms with Crippen molar-refractivity contribution in [3.05, 3.63) is 35.9 Å². The molecule has 1 fully saturated rings. The second-order valence-electron chi connectivity index (χ2n) is 6.38. The second kappa shape index (κ2) is 8.49. The standard InChI is InChI=1S/C17H29N3O/c18-16(11-14-7-3-1-4-8-14)17(21)13-20(19)12-15-9-5-2-6-10-15/h1,3-4,7-8,15-17,21H,2,5-6,9-13,18-19H2/t16?,17-/m0/s1. The van der Waals surface area contributed by atoms with E-state index in [4.69, 9.17) is 11.6 Å². The summed E-state index contributed by atoms with van der Waals surface area (Å²) >= 11 is 0. The molecule has 21 heavy (non-hydrogen) atoms. The fourth-order valence-electron chi connectivity index (χ4n) is 3.17. The molecule has 1 aliphatic carbocycles. The van der Waals surface area contributed by atoms with Crippen LogP contribution in [0.1, 0.15) is 37.7 Å². The van der Waals surface area contributed by atoms with Crippen molar-refractivity contribution < 1.29 is 5.11 Å². The first-order chi connectivity index (χ1) is 10.1. The number of hydrogen-bond donors (Lipinski definition) is 3. The van der Waals surface area contributed by atoms with Crippen molar-refractivity contribution in [2.45, 2.75) is 50.7 Å². The monoisotopic (exact) mass is 291 g/mol. The van der Waals surface area contributed by atoms with E-state index in [0.717, 1.165) is 12.1 Å². The van der Waals surface area contributed by atoms with Gasteiger partial charge >= 0.3 is 0 Å². The van der Waals surface area contributed by atoms with Crippen molar-refractivity contribution >= 4 is 0 Å². The van der Waals surface area contributed by atoms with Crippen LogP contribution in [0.15, 0.2) is 30.3 Å². The van der Waals surface area contributed by atoms with Gasteiger partial charge in [-0.25, -0.2) is 5.01 Å². The van der Waals surface area contributed by atoms with E-state index in [1.54, 1.807) is 5.01 Å². The number of nitrogens with two attached hydrogens (primary N) is 2. The van der Waals surface area contributed by atoms with Crippen LogP contribution in [-0.2, 0) is 6.42 Å². The molecule has 0 aromatic heterocycles. The van der Waals surface area contributed by atoms with Crippen LogP contribution in [0, 0.1) is 5.92 Å². The SMILES string of the molecule is NC(Cc1ccccc1)[C@@H](O)CN(N)CC1CCCCC1. The van der Waals surface area contributed by atoms with Crippen LogP contribution >= 0.6 is 0 Å². The number of hydrogen-bond acceptors (Lipinski definition) is 4. The first-order valence-corrected chi connectivity index (χ1v) is 8.12. The smallest absolute Gasteiger partial charge is 0.0834 e. The summed E-state index contributed by atoms with van der Waals surface area (Å²) in [4.78, 5) is 0. The lowest BCUT2D eigenvalue weighted by Gasteiger charge is -2.29. The van der Waals surface area contributed by atoms with Crippen molar-refractivity contribution in [3.8, 4) is 0 Å². The third kappa shape index (κ3) is 5.75. The summed E-state index contributed by atoms with van der Waals surface area (Å²) in [6.45, 7) is 1.32. The van der Waals surface area contributed by atoms with Gasteiger partial charge in [-0.2, -0.15) is 0 Å². The van der Waals surface area contributed by atoms with Crippen LogP contribution in [0.2, 0.25) is 0 Å². The third-order valence-corrected chi connectivity index (χ3v) is 4.45. The summed E-state index contributed by atoms with van der Waals surface area (Å²) in [7, 11) is 0. The number of benzene rings is 1. The van der Waals surface area contributed by atoms with Crippen molar-refractivity contribution in [2.24, 2.45) is 17.5 Å². The Hall–Kier alpha value is -0.940. The van der Waals surface area contributed by atoms with E-state index in [1.807, 2.05) is 30.3 Å². The Morgan fingerprint density at radius 2 is 1.81 bits per heavy atom. The van der Waals surface area contributed by atoms with Gasteiger partial charge < -0.3 is 10.8 Å². The third-order valence-electron chi connectivity index (χ3n) is 4.45. The van der Waals surface area contributed by atoms with Crippen molar-refractivity contribution in [1.29, 1.82) is 0 Å². The van der Waals surface area contributed by atoms with Gasteiger partial charge in [0.15, 0.2) is 0 Å². The quantitative estimate of drug-likeness (QED) is 0.528. The van der Waals surface area contributed by atoms with E-state index in [1.165, 1.54) is 32.1 Å². The molecule has 1 unspecified atom stereocenters. The molecule has 2 rings (SSSR count). The molecule has 1 saturated carbocycles. The van der Waals surface area contributed by atoms with E-state index in [-0.39, 0.29) is 6.04 Å². The lowest BCUT2D eigenvalue weighted by Crippen LogP contribution is -2.48. The summed E-state index contributed by atoms with van der Waals surface area (Å²) < 4.78 is 0. The fraction of sp³-hybridized carbons (Fsp3) is 0.647. The summed E-state index contributed by atoms with van der Waals surface area (Å²) in [6, 6.07) is 9.77. The van der Waals surface area contributed by atoms with Crippen LogP contribution in [-0.4, -0.2) is 35.4 Å². The zero-order valence-corrected chi connectivity index (χ0v) is 12.8. The van der Waals surface area contributed by atoms with Gasteiger partial charge in [0.1, 0.15) is 0 Å². The lowest BCUT2D eigenvalue weighted by atomic mass is 9.89. The molecule has 118 valence electrons. The average Bonchev–Trinajstić information content (AvgIpc) is 2.49. The zero-order valence-electron chi connectivity index (χ0n) is 12.8. The Balaban J connectivity index is 1.73. The molecule has 0 radical (unpaired) electrons. The highest BCUT2D eigenvalue weighted by Crippen LogP contribution is 2.23. The topological polar surface area (TPSA) is 75.5 Å². The first-order valence-electron chi connectivity index (χ1n) is 8.12. The fourth-order valence-corrected chi connectivity index (χ4v) is 3.17. The predicted octanol–water partition coefficient (Wildman–Crippen LogP) is 1.67. The van der Waals surface area contributed by atoms with Gasteiger partial charge in [0.2, 0.25) is 0 Å². The number of rotatable bonds is 7. The van der Waals surface area contributed by atoms with Crippen LogP contribution < -0.4 is 11.6 Å². The molecular weight excluding hydrogens is 262 g/mol. The van der Waals surface area contributed by atoms with Crippen molar-refractivity contribution in [1.82, 2.24) is 5.01 Å². The first kappa shape index (κ1) is 16.4. The van der Waals surface area contributed by atoms with E-state index >= 15 is 0 Å². The Morgan fingerprint density at radius 3 is 2.48 bits per heavy atom. The Morgan fingerprint density at radius 1 is 1.14 bits per heavy atom. The van der Waals surface area contributed by atoms with Gasteiger partial charge in [-0.1, -0.05) is 49.6 Å². The molecule has 0 spiro atoms. The van der Waals surface area contributed by atoms with E-state index in [2.05, 4.69) is 0 Å². The summed E-state index contributed by atoms with van der Waals surface area (Å²) in [5.74, 6) is 6.74. The van der Waals surface area contributed by atoms with Gasteiger partial charge in [0, 0.05) is 19.1 Å². The maximum absolute atomic E-state index is 10.2. The highest BCUT2D eigenvalue weighted by Gasteiger charge is 2.20. The van der Waals surface area contributed by atoms with Crippen LogP contribution in [0.25, 0.3) is 0 Å². The minimum absolute atomic E-state index is 0.273. The second-order valence-corrected chi connectivity index (χ2v) is 6.38. The van der Waals surface area contributed by atoms with E-state index < -0.39 is 6.10 Å². The minimum atomic E-state index is -0.584. The number of hydrazine groups is 1. The maximum Gasteiger partial charge on any atom is 0.0834 e. The average molecular weight is 291 g/mol. The molecule has 2 atom stereocenters. The highest BCUT2D eigenvalue weighted by molar-refractivity contribution is 5.16. The molecule has 0 heterocycles. The van der Waals surface area contributed by atoms with Gasteiger partial charge in [-0.15, -0.1) is 0 Å².